The van der Waals surface area contributed by atoms with Gasteiger partial charge < -0.3 is 5.11 Å². The summed E-state index contributed by atoms with van der Waals surface area (Å²) < 4.78 is 0. The Hall–Kier alpha value is -1.99. The van der Waals surface area contributed by atoms with E-state index in [0.717, 1.165) is 0 Å². The molecule has 0 saturated carbocycles. The zero-order chi connectivity index (χ0) is 10.6. The van der Waals surface area contributed by atoms with Gasteiger partial charge in [0.1, 0.15) is 0 Å². The monoisotopic (exact) mass is 199 g/mol. The first kappa shape index (κ1) is 10.1. The quantitative estimate of drug-likeness (QED) is 0.644. The van der Waals surface area contributed by atoms with Gasteiger partial charge in [-0.05, 0) is 5.21 Å². The minimum atomic E-state index is -1.02. The van der Waals surface area contributed by atoms with Crippen LogP contribution in [0, 0.1) is 0 Å². The smallest absolute Gasteiger partial charge is 0.303 e. The molecule has 0 aliphatic heterocycles. The molecule has 1 aromatic heterocycles. The molecule has 8 heteroatoms. The third kappa shape index (κ3) is 3.17. The van der Waals surface area contributed by atoms with E-state index in [-0.39, 0.29) is 18.8 Å². The van der Waals surface area contributed by atoms with Crippen LogP contribution >= 0.6 is 0 Å². The number of carboxylic acid groups (broad SMARTS) is 1. The summed E-state index contributed by atoms with van der Waals surface area (Å²) in [7, 11) is 1.56. The predicted molar refractivity (Wildman–Crippen MR) is 44.3 cm³/mol. The molecule has 0 bridgehead atoms. The lowest BCUT2D eigenvalue weighted by molar-refractivity contribution is -0.138. The summed E-state index contributed by atoms with van der Waals surface area (Å²) in [5.74, 6) is -1.39. The maximum absolute atomic E-state index is 11.0. The zero-order valence-corrected chi connectivity index (χ0v) is 7.47. The lowest BCUT2D eigenvalue weighted by atomic mass is 10.3. The lowest BCUT2D eigenvalue weighted by Crippen LogP contribution is -2.14. The van der Waals surface area contributed by atoms with Gasteiger partial charge in [0, 0.05) is 6.42 Å². The molecule has 2 N–H and O–H groups in total. The maximum atomic E-state index is 11.0. The Morgan fingerprint density at radius 3 is 2.71 bits per heavy atom. The van der Waals surface area contributed by atoms with Crippen molar-refractivity contribution in [3.05, 3.63) is 0 Å². The molecule has 1 amide bonds. The highest BCUT2D eigenvalue weighted by molar-refractivity contribution is 5.90. The maximum Gasteiger partial charge on any atom is 0.303 e. The van der Waals surface area contributed by atoms with Crippen molar-refractivity contribution >= 4 is 17.8 Å². The first-order valence-electron chi connectivity index (χ1n) is 3.83. The number of aliphatic carboxylic acids is 1. The van der Waals surface area contributed by atoms with Crippen molar-refractivity contribution in [2.24, 2.45) is 7.05 Å². The highest BCUT2D eigenvalue weighted by Gasteiger charge is 2.08. The molecule has 1 aromatic rings. The van der Waals surface area contributed by atoms with E-state index < -0.39 is 11.9 Å². The Bertz CT molecular complexity index is 347. The van der Waals surface area contributed by atoms with Gasteiger partial charge in [0.25, 0.3) is 5.95 Å². The van der Waals surface area contributed by atoms with E-state index in [0.29, 0.717) is 0 Å². The number of carbonyl (C=O) groups excluding carboxylic acids is 1. The highest BCUT2D eigenvalue weighted by atomic mass is 16.4. The fraction of sp³-hybridized carbons (Fsp3) is 0.500. The summed E-state index contributed by atoms with van der Waals surface area (Å²) >= 11 is 0. The van der Waals surface area contributed by atoms with Crippen molar-refractivity contribution in [1.82, 2.24) is 20.2 Å². The van der Waals surface area contributed by atoms with Gasteiger partial charge in [-0.3, -0.25) is 14.9 Å². The molecule has 8 nitrogen and oxygen atoms in total. The van der Waals surface area contributed by atoms with Crippen molar-refractivity contribution in [3.63, 3.8) is 0 Å². The summed E-state index contributed by atoms with van der Waals surface area (Å²) in [6.07, 6.45) is -0.320. The van der Waals surface area contributed by atoms with Crippen LogP contribution in [0.1, 0.15) is 12.8 Å². The van der Waals surface area contributed by atoms with Gasteiger partial charge in [-0.1, -0.05) is 5.10 Å². The van der Waals surface area contributed by atoms with Crippen LogP contribution in [-0.2, 0) is 16.6 Å². The van der Waals surface area contributed by atoms with Crippen molar-refractivity contribution in [2.75, 3.05) is 5.32 Å². The number of carboxylic acids is 1. The fourth-order valence-corrected chi connectivity index (χ4v) is 0.742. The Morgan fingerprint density at radius 1 is 1.50 bits per heavy atom. The van der Waals surface area contributed by atoms with Crippen LogP contribution in [0.25, 0.3) is 0 Å². The number of anilines is 1. The lowest BCUT2D eigenvalue weighted by Gasteiger charge is -1.96. The average Bonchev–Trinajstić information content (AvgIpc) is 2.48. The van der Waals surface area contributed by atoms with Crippen LogP contribution in [-0.4, -0.2) is 37.2 Å². The normalized spacial score (nSPS) is 9.79. The number of hydrogen-bond donors (Lipinski definition) is 2. The molecule has 0 radical (unpaired) electrons. The van der Waals surface area contributed by atoms with Gasteiger partial charge in [-0.25, -0.2) is 0 Å². The minimum Gasteiger partial charge on any atom is -0.481 e. The fourth-order valence-electron chi connectivity index (χ4n) is 0.742. The number of aryl methyl sites for hydroxylation is 1. The Morgan fingerprint density at radius 2 is 2.21 bits per heavy atom. The topological polar surface area (TPSA) is 110 Å². The number of tetrazole rings is 1. The molecule has 0 aromatic carbocycles. The van der Waals surface area contributed by atoms with Gasteiger partial charge in [0.15, 0.2) is 0 Å². The summed E-state index contributed by atoms with van der Waals surface area (Å²) in [6.45, 7) is 0. The molecule has 14 heavy (non-hydrogen) atoms. The van der Waals surface area contributed by atoms with E-state index in [4.69, 9.17) is 5.11 Å². The number of carbonyl (C=O) groups is 2. The van der Waals surface area contributed by atoms with Gasteiger partial charge >= 0.3 is 5.97 Å². The SMILES string of the molecule is Cn1nnc(NC(=O)CCC(=O)O)n1. The Labute approximate surface area is 78.9 Å². The van der Waals surface area contributed by atoms with Crippen LogP contribution in [0.2, 0.25) is 0 Å². The number of nitrogens with zero attached hydrogens (tertiary/aromatic N) is 4. The van der Waals surface area contributed by atoms with Crippen molar-refractivity contribution < 1.29 is 14.7 Å². The van der Waals surface area contributed by atoms with Gasteiger partial charge in [-0.15, -0.1) is 5.10 Å². The number of hydrogen-bond acceptors (Lipinski definition) is 5. The first-order valence-corrected chi connectivity index (χ1v) is 3.83. The number of nitrogens with one attached hydrogen (secondary N) is 1. The van der Waals surface area contributed by atoms with Crippen LogP contribution < -0.4 is 5.32 Å². The summed E-state index contributed by atoms with van der Waals surface area (Å²) in [4.78, 5) is 22.4. The van der Waals surface area contributed by atoms with Crippen LogP contribution in [0.5, 0.6) is 0 Å². The molecule has 1 rings (SSSR count). The van der Waals surface area contributed by atoms with E-state index in [1.807, 2.05) is 0 Å². The first-order chi connectivity index (χ1) is 6.58. The van der Waals surface area contributed by atoms with Crippen molar-refractivity contribution in [3.8, 4) is 0 Å². The van der Waals surface area contributed by atoms with E-state index in [1.165, 1.54) is 4.80 Å². The van der Waals surface area contributed by atoms with Crippen LogP contribution in [0.3, 0.4) is 0 Å². The zero-order valence-electron chi connectivity index (χ0n) is 7.47. The molecule has 0 fully saturated rings. The third-order valence-electron chi connectivity index (χ3n) is 1.33. The Kier molecular flexibility index (Phi) is 3.10. The van der Waals surface area contributed by atoms with Crippen LogP contribution in [0.15, 0.2) is 0 Å². The van der Waals surface area contributed by atoms with Gasteiger partial charge in [0.2, 0.25) is 5.91 Å². The van der Waals surface area contributed by atoms with E-state index in [1.54, 1.807) is 7.05 Å². The van der Waals surface area contributed by atoms with Crippen molar-refractivity contribution in [1.29, 1.82) is 0 Å². The van der Waals surface area contributed by atoms with E-state index in [2.05, 4.69) is 20.7 Å². The average molecular weight is 199 g/mol. The second kappa shape index (κ2) is 4.30. The molecule has 1 heterocycles. The second-order valence-electron chi connectivity index (χ2n) is 2.54. The van der Waals surface area contributed by atoms with Gasteiger partial charge in [-0.2, -0.15) is 4.80 Å². The summed E-state index contributed by atoms with van der Waals surface area (Å²) in [5, 5.41) is 21.3. The minimum absolute atomic E-state index is 0.0721. The molecule has 0 unspecified atom stereocenters. The summed E-state index contributed by atoms with van der Waals surface area (Å²) in [6, 6.07) is 0. The molecule has 76 valence electrons. The number of rotatable bonds is 4. The molecular formula is C6H9N5O3. The second-order valence-corrected chi connectivity index (χ2v) is 2.54. The summed E-state index contributed by atoms with van der Waals surface area (Å²) in [5.41, 5.74) is 0. The molecule has 0 spiro atoms. The molecule has 0 saturated heterocycles. The molecule has 0 atom stereocenters. The Balaban J connectivity index is 2.37. The van der Waals surface area contributed by atoms with Crippen molar-refractivity contribution in [2.45, 2.75) is 12.8 Å². The number of aromatic nitrogens is 4. The predicted octanol–water partition coefficient (Wildman–Crippen LogP) is -0.987. The number of amides is 1. The molecule has 0 aliphatic rings. The molecule has 0 aliphatic carbocycles. The van der Waals surface area contributed by atoms with Crippen LogP contribution in [0.4, 0.5) is 5.95 Å². The standard InChI is InChI=1S/C6H9N5O3/c1-11-9-6(8-10-11)7-4(12)2-3-5(13)14/h2-3H2,1H3,(H,13,14)(H,7,9,12). The molecular weight excluding hydrogens is 190 g/mol. The third-order valence-corrected chi connectivity index (χ3v) is 1.33. The van der Waals surface area contributed by atoms with E-state index >= 15 is 0 Å². The largest absolute Gasteiger partial charge is 0.481 e. The highest BCUT2D eigenvalue weighted by Crippen LogP contribution is 1.96. The van der Waals surface area contributed by atoms with Gasteiger partial charge in [0.05, 0.1) is 13.5 Å². The van der Waals surface area contributed by atoms with E-state index in [9.17, 15) is 9.59 Å².